The molecule has 148 valence electrons. The number of benzene rings is 3. The van der Waals surface area contributed by atoms with Crippen LogP contribution in [0.2, 0.25) is 0 Å². The Morgan fingerprint density at radius 3 is 2.00 bits per heavy atom. The molecule has 3 aromatic rings. The Hall–Kier alpha value is -4.26. The molecular weight excluding hydrogens is 384 g/mol. The standard InChI is InChI=1S/C23H16N2O5/c26-21(16-9-5-2-6-10-16)19-20(15-7-3-1-4-8-15)24(23(28)22(19)27)17-11-13-18(14-12-17)25(29)30/h1-14,20,26H/b21-19+. The lowest BCUT2D eigenvalue weighted by atomic mass is 9.95. The van der Waals surface area contributed by atoms with E-state index in [1.807, 2.05) is 0 Å². The monoisotopic (exact) mass is 400 g/mol. The van der Waals surface area contributed by atoms with Crippen molar-refractivity contribution in [2.75, 3.05) is 4.90 Å². The SMILES string of the molecule is O=C1C(=O)N(c2ccc([N+](=O)[O-])cc2)C(c2ccccc2)/C1=C(\O)c1ccccc1. The van der Waals surface area contributed by atoms with Crippen LogP contribution in [-0.2, 0) is 9.59 Å². The van der Waals surface area contributed by atoms with Crippen molar-refractivity contribution in [2.45, 2.75) is 6.04 Å². The third kappa shape index (κ3) is 3.22. The summed E-state index contributed by atoms with van der Waals surface area (Å²) >= 11 is 0. The molecule has 1 fully saturated rings. The zero-order valence-corrected chi connectivity index (χ0v) is 15.6. The number of carbonyl (C=O) groups is 2. The molecule has 1 aliphatic heterocycles. The van der Waals surface area contributed by atoms with E-state index in [1.165, 1.54) is 29.2 Å². The number of ketones is 1. The topological polar surface area (TPSA) is 101 Å². The second-order valence-corrected chi connectivity index (χ2v) is 6.72. The Labute approximate surface area is 171 Å². The Kier molecular flexibility index (Phi) is 4.85. The lowest BCUT2D eigenvalue weighted by Crippen LogP contribution is -2.29. The van der Waals surface area contributed by atoms with Gasteiger partial charge >= 0.3 is 0 Å². The first-order chi connectivity index (χ1) is 14.5. The van der Waals surface area contributed by atoms with Crippen LogP contribution < -0.4 is 4.90 Å². The summed E-state index contributed by atoms with van der Waals surface area (Å²) in [5.41, 5.74) is 1.21. The quantitative estimate of drug-likeness (QED) is 0.232. The summed E-state index contributed by atoms with van der Waals surface area (Å²) in [6.07, 6.45) is 0. The third-order valence-electron chi connectivity index (χ3n) is 4.95. The lowest BCUT2D eigenvalue weighted by Gasteiger charge is -2.25. The minimum absolute atomic E-state index is 0.0317. The van der Waals surface area contributed by atoms with E-state index in [0.29, 0.717) is 16.8 Å². The zero-order chi connectivity index (χ0) is 21.3. The number of Topliss-reactive ketones (excluding diaryl/α,β-unsaturated/α-hetero) is 1. The van der Waals surface area contributed by atoms with Gasteiger partial charge in [-0.15, -0.1) is 0 Å². The summed E-state index contributed by atoms with van der Waals surface area (Å²) < 4.78 is 0. The maximum absolute atomic E-state index is 13.0. The van der Waals surface area contributed by atoms with Crippen LogP contribution in [0.25, 0.3) is 5.76 Å². The molecule has 1 heterocycles. The molecule has 0 radical (unpaired) electrons. The number of aliphatic hydroxyl groups is 1. The number of hydrogen-bond donors (Lipinski definition) is 1. The number of carbonyl (C=O) groups excluding carboxylic acids is 2. The molecule has 1 saturated heterocycles. The molecule has 0 saturated carbocycles. The minimum Gasteiger partial charge on any atom is -0.507 e. The van der Waals surface area contributed by atoms with Crippen molar-refractivity contribution in [3.05, 3.63) is 112 Å². The van der Waals surface area contributed by atoms with E-state index >= 15 is 0 Å². The first-order valence-corrected chi connectivity index (χ1v) is 9.15. The van der Waals surface area contributed by atoms with Gasteiger partial charge in [0.25, 0.3) is 17.4 Å². The highest BCUT2D eigenvalue weighted by molar-refractivity contribution is 6.51. The van der Waals surface area contributed by atoms with Gasteiger partial charge in [-0.05, 0) is 17.7 Å². The van der Waals surface area contributed by atoms with Crippen LogP contribution in [0.3, 0.4) is 0 Å². The molecule has 0 bridgehead atoms. The molecule has 1 aliphatic rings. The number of non-ortho nitro benzene ring substituents is 1. The van der Waals surface area contributed by atoms with E-state index in [-0.39, 0.29) is 17.0 Å². The number of aliphatic hydroxyl groups excluding tert-OH is 1. The molecule has 0 aromatic heterocycles. The second-order valence-electron chi connectivity index (χ2n) is 6.72. The molecular formula is C23H16N2O5. The number of rotatable bonds is 4. The number of nitro groups is 1. The van der Waals surface area contributed by atoms with Gasteiger partial charge in [0, 0.05) is 23.4 Å². The van der Waals surface area contributed by atoms with Crippen LogP contribution in [0.5, 0.6) is 0 Å². The summed E-state index contributed by atoms with van der Waals surface area (Å²) in [4.78, 5) is 37.6. The Morgan fingerprint density at radius 1 is 0.867 bits per heavy atom. The van der Waals surface area contributed by atoms with Crippen LogP contribution in [-0.4, -0.2) is 21.7 Å². The van der Waals surface area contributed by atoms with E-state index in [4.69, 9.17) is 0 Å². The van der Waals surface area contributed by atoms with E-state index in [1.54, 1.807) is 60.7 Å². The highest BCUT2D eigenvalue weighted by Crippen LogP contribution is 2.42. The van der Waals surface area contributed by atoms with Crippen molar-refractivity contribution >= 4 is 28.8 Å². The Morgan fingerprint density at radius 2 is 1.43 bits per heavy atom. The van der Waals surface area contributed by atoms with Crippen molar-refractivity contribution in [3.63, 3.8) is 0 Å². The van der Waals surface area contributed by atoms with Crippen LogP contribution in [0.1, 0.15) is 17.2 Å². The molecule has 7 heteroatoms. The maximum atomic E-state index is 13.0. The summed E-state index contributed by atoms with van der Waals surface area (Å²) in [7, 11) is 0. The molecule has 1 amide bonds. The third-order valence-corrected chi connectivity index (χ3v) is 4.95. The van der Waals surface area contributed by atoms with Crippen molar-refractivity contribution in [1.82, 2.24) is 0 Å². The molecule has 0 spiro atoms. The predicted octanol–water partition coefficient (Wildman–Crippen LogP) is 4.22. The van der Waals surface area contributed by atoms with Gasteiger partial charge in [-0.1, -0.05) is 60.7 Å². The fourth-order valence-electron chi connectivity index (χ4n) is 3.54. The average Bonchev–Trinajstić information content (AvgIpc) is 3.05. The smallest absolute Gasteiger partial charge is 0.300 e. The van der Waals surface area contributed by atoms with Gasteiger partial charge in [0.05, 0.1) is 16.5 Å². The largest absolute Gasteiger partial charge is 0.507 e. The highest BCUT2D eigenvalue weighted by Gasteiger charge is 2.46. The second kappa shape index (κ2) is 7.63. The van der Waals surface area contributed by atoms with E-state index in [0.717, 1.165) is 0 Å². The summed E-state index contributed by atoms with van der Waals surface area (Å²) in [6.45, 7) is 0. The van der Waals surface area contributed by atoms with Crippen LogP contribution in [0.4, 0.5) is 11.4 Å². The van der Waals surface area contributed by atoms with Gasteiger partial charge in [-0.25, -0.2) is 0 Å². The van der Waals surface area contributed by atoms with E-state index in [2.05, 4.69) is 0 Å². The molecule has 1 atom stereocenters. The minimum atomic E-state index is -0.868. The average molecular weight is 400 g/mol. The molecule has 3 aromatic carbocycles. The van der Waals surface area contributed by atoms with Crippen LogP contribution >= 0.6 is 0 Å². The number of nitrogens with zero attached hydrogens (tertiary/aromatic N) is 2. The highest BCUT2D eigenvalue weighted by atomic mass is 16.6. The van der Waals surface area contributed by atoms with Gasteiger partial charge < -0.3 is 5.11 Å². The molecule has 0 aliphatic carbocycles. The van der Waals surface area contributed by atoms with Gasteiger partial charge in [0.1, 0.15) is 5.76 Å². The molecule has 7 nitrogen and oxygen atoms in total. The maximum Gasteiger partial charge on any atom is 0.300 e. The van der Waals surface area contributed by atoms with Gasteiger partial charge in [0.2, 0.25) is 0 Å². The summed E-state index contributed by atoms with van der Waals surface area (Å²) in [6, 6.07) is 21.9. The summed E-state index contributed by atoms with van der Waals surface area (Å²) in [5.74, 6) is -1.90. The molecule has 4 rings (SSSR count). The fraction of sp³-hybridized carbons (Fsp3) is 0.0435. The predicted molar refractivity (Wildman–Crippen MR) is 111 cm³/mol. The number of hydrogen-bond acceptors (Lipinski definition) is 5. The normalized spacial score (nSPS) is 17.9. The lowest BCUT2D eigenvalue weighted by molar-refractivity contribution is -0.384. The molecule has 1 N–H and O–H groups in total. The van der Waals surface area contributed by atoms with Crippen molar-refractivity contribution in [3.8, 4) is 0 Å². The van der Waals surface area contributed by atoms with Crippen molar-refractivity contribution < 1.29 is 19.6 Å². The van der Waals surface area contributed by atoms with Gasteiger partial charge in [0.15, 0.2) is 0 Å². The number of nitro benzene ring substituents is 1. The summed E-state index contributed by atoms with van der Waals surface area (Å²) in [5, 5.41) is 21.9. The van der Waals surface area contributed by atoms with Crippen molar-refractivity contribution in [1.29, 1.82) is 0 Å². The Balaban J connectivity index is 1.91. The first kappa shape index (κ1) is 19.1. The fourth-order valence-corrected chi connectivity index (χ4v) is 3.54. The van der Waals surface area contributed by atoms with Crippen LogP contribution in [0, 0.1) is 10.1 Å². The number of anilines is 1. The van der Waals surface area contributed by atoms with Gasteiger partial charge in [-0.3, -0.25) is 24.6 Å². The zero-order valence-electron chi connectivity index (χ0n) is 15.6. The Bertz CT molecular complexity index is 1160. The van der Waals surface area contributed by atoms with Gasteiger partial charge in [-0.2, -0.15) is 0 Å². The molecule has 30 heavy (non-hydrogen) atoms. The first-order valence-electron chi connectivity index (χ1n) is 9.15. The number of amides is 1. The molecule has 1 unspecified atom stereocenters. The van der Waals surface area contributed by atoms with E-state index in [9.17, 15) is 24.8 Å². The van der Waals surface area contributed by atoms with E-state index < -0.39 is 22.7 Å². The van der Waals surface area contributed by atoms with Crippen LogP contribution in [0.15, 0.2) is 90.5 Å². The van der Waals surface area contributed by atoms with Crippen molar-refractivity contribution in [2.24, 2.45) is 0 Å².